The van der Waals surface area contributed by atoms with Crippen LogP contribution in [0.4, 0.5) is 0 Å². The minimum atomic E-state index is 0.421. The largest absolute Gasteiger partial charge is 0.399 e. The number of hydrogen-bond acceptors (Lipinski definition) is 3. The minimum absolute atomic E-state index is 0.421. The third-order valence-corrected chi connectivity index (χ3v) is 3.60. The first-order valence-electron chi connectivity index (χ1n) is 2.98. The molecule has 0 aromatic heterocycles. The number of rotatable bonds is 4. The Hall–Kier alpha value is 0.170. The fourth-order valence-corrected chi connectivity index (χ4v) is 3.15. The maximum atomic E-state index is 4.55. The van der Waals surface area contributed by atoms with E-state index >= 15 is 0 Å². The second-order valence-corrected chi connectivity index (χ2v) is 6.98. The van der Waals surface area contributed by atoms with Crippen molar-refractivity contribution in [3.8, 4) is 0 Å². The molecule has 0 amide bonds. The lowest BCUT2D eigenvalue weighted by molar-refractivity contribution is 0.215. The first kappa shape index (κ1) is 10.2. The quantitative estimate of drug-likeness (QED) is 0.283. The normalized spacial score (nSPS) is 14.5. The predicted molar refractivity (Wildman–Crippen MR) is 51.8 cm³/mol. The maximum absolute atomic E-state index is 4.55. The molecule has 0 rings (SSSR count). The zero-order valence-corrected chi connectivity index (χ0v) is 8.46. The number of hydrogen-bond donors (Lipinski definition) is 0. The monoisotopic (exact) mass is 180 g/mol. The first-order valence-corrected chi connectivity index (χ1v) is 6.42. The van der Waals surface area contributed by atoms with Gasteiger partial charge in [-0.2, -0.15) is 0 Å². The van der Waals surface area contributed by atoms with Gasteiger partial charge < -0.3 is 4.84 Å². The molecule has 0 saturated carbocycles. The van der Waals surface area contributed by atoms with Crippen LogP contribution in [0, 0.1) is 0 Å². The first-order chi connectivity index (χ1) is 4.66. The summed E-state index contributed by atoms with van der Waals surface area (Å²) in [6.45, 7) is 2.11. The average molecular weight is 180 g/mol. The van der Waals surface area contributed by atoms with E-state index in [4.69, 9.17) is 0 Å². The third-order valence-electron chi connectivity index (χ3n) is 0.720. The van der Waals surface area contributed by atoms with Crippen LogP contribution in [0.25, 0.3) is 0 Å². The summed E-state index contributed by atoms with van der Waals surface area (Å²) in [6, 6.07) is 0. The van der Waals surface area contributed by atoms with Gasteiger partial charge in [-0.3, -0.25) is 0 Å². The van der Waals surface area contributed by atoms with Gasteiger partial charge in [-0.1, -0.05) is 5.16 Å². The molecule has 0 N–H and O–H groups in total. The van der Waals surface area contributed by atoms with Crippen molar-refractivity contribution in [2.24, 2.45) is 5.16 Å². The molecular formula is C6H14NOS2+. The van der Waals surface area contributed by atoms with E-state index in [1.165, 1.54) is 0 Å². The number of oxime groups is 1. The summed E-state index contributed by atoms with van der Waals surface area (Å²) in [5.74, 6) is 0. The molecule has 0 spiro atoms. The summed E-state index contributed by atoms with van der Waals surface area (Å²) in [5, 5.41) is 4.14. The zero-order chi connectivity index (χ0) is 7.98. The van der Waals surface area contributed by atoms with Crippen LogP contribution in [0.1, 0.15) is 6.92 Å². The molecule has 0 aliphatic carbocycles. The Labute approximate surface area is 69.1 Å². The predicted octanol–water partition coefficient (Wildman–Crippen LogP) is 1.53. The summed E-state index contributed by atoms with van der Waals surface area (Å²) in [5.41, 5.74) is 0. The lowest BCUT2D eigenvalue weighted by atomic mass is 10.5. The van der Waals surface area contributed by atoms with Crippen LogP contribution >= 0.6 is 10.8 Å². The third kappa shape index (κ3) is 6.29. The second kappa shape index (κ2) is 5.92. The van der Waals surface area contributed by atoms with Gasteiger partial charge in [-0.25, -0.2) is 0 Å². The number of nitrogens with zero attached hydrogens (tertiary/aromatic N) is 1. The van der Waals surface area contributed by atoms with Crippen LogP contribution in [-0.2, 0) is 14.8 Å². The molecule has 2 nitrogen and oxygen atoms in total. The van der Waals surface area contributed by atoms with Crippen molar-refractivity contribution < 1.29 is 4.84 Å². The molecule has 0 aromatic rings. The molecule has 0 heterocycles. The molecule has 0 bridgehead atoms. The van der Waals surface area contributed by atoms with Gasteiger partial charge >= 0.3 is 0 Å². The van der Waals surface area contributed by atoms with E-state index in [1.54, 1.807) is 7.11 Å². The highest BCUT2D eigenvalue weighted by Gasteiger charge is 2.10. The van der Waals surface area contributed by atoms with Crippen LogP contribution in [-0.4, -0.2) is 31.1 Å². The molecule has 0 radical (unpaired) electrons. The molecule has 0 saturated heterocycles. The Morgan fingerprint density at radius 1 is 1.60 bits per heavy atom. The highest BCUT2D eigenvalue weighted by molar-refractivity contribution is 8.74. The van der Waals surface area contributed by atoms with Crippen LogP contribution < -0.4 is 0 Å². The Kier molecular flexibility index (Phi) is 6.02. The summed E-state index contributed by atoms with van der Waals surface area (Å²) < 4.78 is 0. The van der Waals surface area contributed by atoms with Crippen molar-refractivity contribution in [1.29, 1.82) is 0 Å². The molecule has 1 unspecified atom stereocenters. The molecule has 10 heavy (non-hydrogen) atoms. The Bertz CT molecular complexity index is 106. The van der Waals surface area contributed by atoms with E-state index < -0.39 is 0 Å². The SMILES string of the molecule is CON=CC(C)S[S+](C)C. The second-order valence-electron chi connectivity index (χ2n) is 1.98. The van der Waals surface area contributed by atoms with Crippen LogP contribution in [0.2, 0.25) is 0 Å². The lowest BCUT2D eigenvalue weighted by Gasteiger charge is -1.97. The van der Waals surface area contributed by atoms with Crippen LogP contribution in [0.5, 0.6) is 0 Å². The van der Waals surface area contributed by atoms with Crippen molar-refractivity contribution in [3.63, 3.8) is 0 Å². The van der Waals surface area contributed by atoms with Crippen molar-refractivity contribution in [2.45, 2.75) is 12.2 Å². The van der Waals surface area contributed by atoms with E-state index in [2.05, 4.69) is 29.4 Å². The van der Waals surface area contributed by atoms with Gasteiger partial charge in [0.1, 0.15) is 19.6 Å². The van der Waals surface area contributed by atoms with Gasteiger partial charge in [0.05, 0.1) is 32.2 Å². The van der Waals surface area contributed by atoms with Gasteiger partial charge in [0.25, 0.3) is 0 Å². The average Bonchev–Trinajstić information content (AvgIpc) is 1.82. The van der Waals surface area contributed by atoms with Crippen molar-refractivity contribution in [1.82, 2.24) is 0 Å². The van der Waals surface area contributed by atoms with E-state index in [0.717, 1.165) is 0 Å². The zero-order valence-electron chi connectivity index (χ0n) is 6.83. The molecule has 0 fully saturated rings. The van der Waals surface area contributed by atoms with Crippen molar-refractivity contribution >= 4 is 26.9 Å². The van der Waals surface area contributed by atoms with Crippen molar-refractivity contribution in [3.05, 3.63) is 0 Å². The van der Waals surface area contributed by atoms with E-state index in [9.17, 15) is 0 Å². The molecule has 0 aliphatic heterocycles. The van der Waals surface area contributed by atoms with E-state index in [1.807, 2.05) is 17.0 Å². The molecular weight excluding hydrogens is 166 g/mol. The molecule has 60 valence electrons. The Morgan fingerprint density at radius 2 is 2.20 bits per heavy atom. The fraction of sp³-hybridized carbons (Fsp3) is 0.833. The van der Waals surface area contributed by atoms with Gasteiger partial charge in [0.15, 0.2) is 0 Å². The van der Waals surface area contributed by atoms with Gasteiger partial charge in [0, 0.05) is 0 Å². The topological polar surface area (TPSA) is 21.6 Å². The molecule has 1 atom stereocenters. The summed E-state index contributed by atoms with van der Waals surface area (Å²) in [4.78, 5) is 4.55. The summed E-state index contributed by atoms with van der Waals surface area (Å²) in [6.07, 6.45) is 6.21. The van der Waals surface area contributed by atoms with Gasteiger partial charge in [0.2, 0.25) is 0 Å². The van der Waals surface area contributed by atoms with Crippen LogP contribution in [0.3, 0.4) is 0 Å². The highest BCUT2D eigenvalue weighted by Crippen LogP contribution is 2.15. The molecule has 0 aliphatic rings. The smallest absolute Gasteiger partial charge is 0.109 e. The highest BCUT2D eigenvalue weighted by atomic mass is 33.1. The summed E-state index contributed by atoms with van der Waals surface area (Å²) in [7, 11) is 3.87. The standard InChI is InChI=1S/C6H14NOS2/c1-6(5-7-8-2)9-10(3)4/h5-6H,1-4H3/q+1. The Balaban J connectivity index is 3.42. The molecule has 4 heteroatoms. The van der Waals surface area contributed by atoms with E-state index in [0.29, 0.717) is 15.2 Å². The summed E-state index contributed by atoms with van der Waals surface area (Å²) >= 11 is 0. The molecule has 0 aromatic carbocycles. The lowest BCUT2D eigenvalue weighted by Crippen LogP contribution is -2.02. The maximum Gasteiger partial charge on any atom is 0.109 e. The Morgan fingerprint density at radius 3 is 2.60 bits per heavy atom. The van der Waals surface area contributed by atoms with Gasteiger partial charge in [-0.05, 0) is 6.92 Å². The fourth-order valence-electron chi connectivity index (χ4n) is 0.475. The minimum Gasteiger partial charge on any atom is -0.399 e. The van der Waals surface area contributed by atoms with Gasteiger partial charge in [-0.15, -0.1) is 0 Å². The van der Waals surface area contributed by atoms with Crippen LogP contribution in [0.15, 0.2) is 5.16 Å². The van der Waals surface area contributed by atoms with Crippen molar-refractivity contribution in [2.75, 3.05) is 19.6 Å². The van der Waals surface area contributed by atoms with E-state index in [-0.39, 0.29) is 0 Å².